The van der Waals surface area contributed by atoms with Crippen molar-refractivity contribution in [1.82, 2.24) is 15.1 Å². The molecule has 3 aromatic rings. The molecule has 0 saturated carbocycles. The van der Waals surface area contributed by atoms with Crippen molar-refractivity contribution in [2.24, 2.45) is 0 Å². The van der Waals surface area contributed by atoms with Crippen molar-refractivity contribution in [2.45, 2.75) is 6.92 Å². The Hall–Kier alpha value is -2.21. The lowest BCUT2D eigenvalue weighted by atomic mass is 10.1. The van der Waals surface area contributed by atoms with Crippen LogP contribution in [-0.2, 0) is 0 Å². The molecule has 2 N–H and O–H groups in total. The minimum Gasteiger partial charge on any atom is -0.399 e. The minimum absolute atomic E-state index is 0.482. The van der Waals surface area contributed by atoms with Crippen molar-refractivity contribution in [3.8, 4) is 23.0 Å². The Morgan fingerprint density at radius 2 is 2.22 bits per heavy atom. The number of thiazole rings is 1. The van der Waals surface area contributed by atoms with Gasteiger partial charge in [0.15, 0.2) is 0 Å². The molecule has 6 heteroatoms. The number of rotatable bonds is 2. The highest BCUT2D eigenvalue weighted by Gasteiger charge is 2.13. The van der Waals surface area contributed by atoms with E-state index in [-0.39, 0.29) is 0 Å². The number of benzene rings is 1. The average molecular weight is 258 g/mol. The monoisotopic (exact) mass is 258 g/mol. The van der Waals surface area contributed by atoms with Crippen molar-refractivity contribution in [3.05, 3.63) is 34.7 Å². The Bertz CT molecular complexity index is 675. The number of aryl methyl sites for hydroxylation is 1. The quantitative estimate of drug-likeness (QED) is 0.715. The smallest absolute Gasteiger partial charge is 0.258 e. The molecule has 2 aromatic heterocycles. The second kappa shape index (κ2) is 4.23. The molecule has 0 aliphatic heterocycles. The molecular weight excluding hydrogens is 248 g/mol. The number of aromatic nitrogens is 3. The highest BCUT2D eigenvalue weighted by atomic mass is 32.1. The third kappa shape index (κ3) is 1.86. The van der Waals surface area contributed by atoms with E-state index in [9.17, 15) is 0 Å². The summed E-state index contributed by atoms with van der Waals surface area (Å²) in [6.45, 7) is 1.96. The van der Waals surface area contributed by atoms with Gasteiger partial charge in [-0.2, -0.15) is 4.98 Å². The van der Waals surface area contributed by atoms with Gasteiger partial charge in [0.2, 0.25) is 5.82 Å². The van der Waals surface area contributed by atoms with E-state index in [1.54, 1.807) is 5.51 Å². The average Bonchev–Trinajstić information content (AvgIpc) is 2.99. The summed E-state index contributed by atoms with van der Waals surface area (Å²) in [6.07, 6.45) is 0. The summed E-state index contributed by atoms with van der Waals surface area (Å²) in [5.74, 6) is 0.984. The van der Waals surface area contributed by atoms with Crippen LogP contribution in [0.5, 0.6) is 0 Å². The van der Waals surface area contributed by atoms with E-state index in [1.165, 1.54) is 11.3 Å². The van der Waals surface area contributed by atoms with Crippen LogP contribution in [0.2, 0.25) is 0 Å². The molecule has 0 aliphatic rings. The van der Waals surface area contributed by atoms with Gasteiger partial charge in [0.05, 0.1) is 5.51 Å². The second-order valence-corrected chi connectivity index (χ2v) is 4.59. The first-order chi connectivity index (χ1) is 8.74. The van der Waals surface area contributed by atoms with E-state index >= 15 is 0 Å². The zero-order valence-electron chi connectivity index (χ0n) is 9.62. The maximum atomic E-state index is 5.71. The highest BCUT2D eigenvalue weighted by molar-refractivity contribution is 7.07. The molecule has 0 radical (unpaired) electrons. The van der Waals surface area contributed by atoms with Crippen molar-refractivity contribution < 1.29 is 4.52 Å². The van der Waals surface area contributed by atoms with Crippen LogP contribution < -0.4 is 5.73 Å². The largest absolute Gasteiger partial charge is 0.399 e. The summed E-state index contributed by atoms with van der Waals surface area (Å²) in [4.78, 5) is 8.48. The number of anilines is 1. The van der Waals surface area contributed by atoms with Crippen molar-refractivity contribution in [2.75, 3.05) is 5.73 Å². The lowest BCUT2D eigenvalue weighted by Gasteiger charge is -2.00. The molecule has 2 heterocycles. The molecule has 18 heavy (non-hydrogen) atoms. The summed E-state index contributed by atoms with van der Waals surface area (Å²) in [6, 6.07) is 5.57. The van der Waals surface area contributed by atoms with E-state index in [1.807, 2.05) is 30.5 Å². The molecule has 0 bridgehead atoms. The minimum atomic E-state index is 0.482. The van der Waals surface area contributed by atoms with Gasteiger partial charge in [-0.05, 0) is 30.7 Å². The van der Waals surface area contributed by atoms with Crippen LogP contribution in [0.1, 0.15) is 5.56 Å². The third-order valence-electron chi connectivity index (χ3n) is 2.57. The van der Waals surface area contributed by atoms with Gasteiger partial charge in [-0.25, -0.2) is 4.98 Å². The van der Waals surface area contributed by atoms with Gasteiger partial charge in [0.1, 0.15) is 5.69 Å². The predicted octanol–water partition coefficient (Wildman–Crippen LogP) is 2.75. The molecule has 0 atom stereocenters. The summed E-state index contributed by atoms with van der Waals surface area (Å²) < 4.78 is 5.26. The van der Waals surface area contributed by atoms with E-state index in [0.29, 0.717) is 11.7 Å². The maximum Gasteiger partial charge on any atom is 0.258 e. The van der Waals surface area contributed by atoms with E-state index in [4.69, 9.17) is 10.3 Å². The van der Waals surface area contributed by atoms with Crippen LogP contribution in [0.15, 0.2) is 33.6 Å². The number of nitrogens with two attached hydrogens (primary N) is 1. The lowest BCUT2D eigenvalue weighted by Crippen LogP contribution is -1.88. The first-order valence-electron chi connectivity index (χ1n) is 5.33. The standard InChI is InChI=1S/C12H10N4OS/c1-7-4-8(13)2-3-9(7)12-15-11(16-17-12)10-5-18-6-14-10/h2-6H,13H2,1H3. The first-order valence-corrected chi connectivity index (χ1v) is 6.27. The topological polar surface area (TPSA) is 77.8 Å². The fourth-order valence-electron chi connectivity index (χ4n) is 1.69. The Morgan fingerprint density at radius 1 is 1.33 bits per heavy atom. The first kappa shape index (κ1) is 10.9. The normalized spacial score (nSPS) is 10.7. The van der Waals surface area contributed by atoms with Crippen molar-refractivity contribution in [1.29, 1.82) is 0 Å². The maximum absolute atomic E-state index is 5.71. The highest BCUT2D eigenvalue weighted by Crippen LogP contribution is 2.25. The van der Waals surface area contributed by atoms with E-state index in [0.717, 1.165) is 22.5 Å². The summed E-state index contributed by atoms with van der Waals surface area (Å²) in [5.41, 5.74) is 10.8. The van der Waals surface area contributed by atoms with Crippen molar-refractivity contribution >= 4 is 17.0 Å². The van der Waals surface area contributed by atoms with Gasteiger partial charge in [0, 0.05) is 16.6 Å². The van der Waals surface area contributed by atoms with Crippen LogP contribution in [0, 0.1) is 6.92 Å². The van der Waals surface area contributed by atoms with Crippen molar-refractivity contribution in [3.63, 3.8) is 0 Å². The fourth-order valence-corrected chi connectivity index (χ4v) is 2.22. The molecule has 0 amide bonds. The predicted molar refractivity (Wildman–Crippen MR) is 70.0 cm³/mol. The molecule has 0 unspecified atom stereocenters. The molecule has 90 valence electrons. The molecule has 0 spiro atoms. The molecular formula is C12H10N4OS. The van der Waals surface area contributed by atoms with Gasteiger partial charge < -0.3 is 10.3 Å². The van der Waals surface area contributed by atoms with Gasteiger partial charge in [-0.3, -0.25) is 0 Å². The summed E-state index contributed by atoms with van der Waals surface area (Å²) in [7, 11) is 0. The number of nitrogens with zero attached hydrogens (tertiary/aromatic N) is 3. The van der Waals surface area contributed by atoms with Gasteiger partial charge in [0.25, 0.3) is 5.89 Å². The molecule has 0 saturated heterocycles. The Balaban J connectivity index is 2.03. The fraction of sp³-hybridized carbons (Fsp3) is 0.0833. The van der Waals surface area contributed by atoms with Crippen LogP contribution >= 0.6 is 11.3 Å². The zero-order chi connectivity index (χ0) is 12.5. The Kier molecular flexibility index (Phi) is 2.56. The van der Waals surface area contributed by atoms with Crippen LogP contribution in [0.4, 0.5) is 5.69 Å². The summed E-state index contributed by atoms with van der Waals surface area (Å²) >= 11 is 1.50. The lowest BCUT2D eigenvalue weighted by molar-refractivity contribution is 0.432. The third-order valence-corrected chi connectivity index (χ3v) is 3.15. The number of hydrogen-bond acceptors (Lipinski definition) is 6. The molecule has 0 aliphatic carbocycles. The molecule has 0 fully saturated rings. The van der Waals surface area contributed by atoms with Gasteiger partial charge in [-0.1, -0.05) is 5.16 Å². The van der Waals surface area contributed by atoms with Gasteiger partial charge >= 0.3 is 0 Å². The second-order valence-electron chi connectivity index (χ2n) is 3.87. The van der Waals surface area contributed by atoms with E-state index in [2.05, 4.69) is 15.1 Å². The Labute approximate surface area is 107 Å². The summed E-state index contributed by atoms with van der Waals surface area (Å²) in [5, 5.41) is 5.80. The molecule has 1 aromatic carbocycles. The Morgan fingerprint density at radius 3 is 2.94 bits per heavy atom. The molecule has 5 nitrogen and oxygen atoms in total. The SMILES string of the molecule is Cc1cc(N)ccc1-c1nc(-c2cscn2)no1. The van der Waals surface area contributed by atoms with E-state index < -0.39 is 0 Å². The zero-order valence-corrected chi connectivity index (χ0v) is 10.4. The van der Waals surface area contributed by atoms with Crippen LogP contribution in [0.3, 0.4) is 0 Å². The molecule has 3 rings (SSSR count). The number of nitrogen functional groups attached to an aromatic ring is 1. The van der Waals surface area contributed by atoms with Gasteiger partial charge in [-0.15, -0.1) is 11.3 Å². The van der Waals surface area contributed by atoms with Crippen LogP contribution in [-0.4, -0.2) is 15.1 Å². The van der Waals surface area contributed by atoms with Crippen LogP contribution in [0.25, 0.3) is 23.0 Å². The number of hydrogen-bond donors (Lipinski definition) is 1.